The van der Waals surface area contributed by atoms with Crippen molar-refractivity contribution in [2.75, 3.05) is 13.1 Å². The van der Waals surface area contributed by atoms with Gasteiger partial charge in [-0.05, 0) is 49.7 Å². The van der Waals surface area contributed by atoms with Crippen LogP contribution in [0.2, 0.25) is 0 Å². The highest BCUT2D eigenvalue weighted by atomic mass is 16.5. The summed E-state index contributed by atoms with van der Waals surface area (Å²) in [6.07, 6.45) is -0.996. The third-order valence-electron chi connectivity index (χ3n) is 5.96. The van der Waals surface area contributed by atoms with Crippen LogP contribution in [0.25, 0.3) is 10.9 Å². The van der Waals surface area contributed by atoms with Gasteiger partial charge in [-0.3, -0.25) is 14.6 Å². The van der Waals surface area contributed by atoms with Gasteiger partial charge in [-0.1, -0.05) is 18.2 Å². The molecule has 4 rings (SSSR count). The minimum Gasteiger partial charge on any atom is -0.489 e. The fourth-order valence-corrected chi connectivity index (χ4v) is 4.20. The summed E-state index contributed by atoms with van der Waals surface area (Å²) in [5, 5.41) is 22.4. The highest BCUT2D eigenvalue weighted by Gasteiger charge is 2.36. The largest absolute Gasteiger partial charge is 0.489 e. The lowest BCUT2D eigenvalue weighted by atomic mass is 9.91. The van der Waals surface area contributed by atoms with Crippen molar-refractivity contribution in [1.82, 2.24) is 15.2 Å². The first kappa shape index (κ1) is 23.0. The van der Waals surface area contributed by atoms with Crippen molar-refractivity contribution in [3.8, 4) is 5.75 Å². The molecule has 2 unspecified atom stereocenters. The van der Waals surface area contributed by atoms with Gasteiger partial charge < -0.3 is 25.2 Å². The number of amides is 2. The number of para-hydroxylation sites is 1. The quantitative estimate of drug-likeness (QED) is 0.511. The predicted molar refractivity (Wildman–Crippen MR) is 124 cm³/mol. The highest BCUT2D eigenvalue weighted by molar-refractivity contribution is 5.95. The van der Waals surface area contributed by atoms with E-state index >= 15 is 0 Å². The second-order valence-corrected chi connectivity index (χ2v) is 8.29. The van der Waals surface area contributed by atoms with Crippen LogP contribution in [-0.4, -0.2) is 57.2 Å². The smallest absolute Gasteiger partial charge is 0.407 e. The van der Waals surface area contributed by atoms with Crippen LogP contribution in [0.4, 0.5) is 4.79 Å². The molecule has 0 bridgehead atoms. The molecule has 1 saturated heterocycles. The molecule has 2 aromatic carbocycles. The SMILES string of the molecule is Cc1cc(COc2ccc(C(=O)NC3CN(C(=O)O)CCC3C(=O)O)cc2)c2ccccc2n1. The number of hydrogen-bond acceptors (Lipinski definition) is 5. The number of piperidine rings is 1. The second-order valence-electron chi connectivity index (χ2n) is 8.29. The number of pyridine rings is 1. The molecule has 2 atom stereocenters. The number of carboxylic acid groups (broad SMARTS) is 2. The van der Waals surface area contributed by atoms with Crippen LogP contribution in [0.1, 0.15) is 28.0 Å². The number of aliphatic carboxylic acids is 1. The third-order valence-corrected chi connectivity index (χ3v) is 5.96. The lowest BCUT2D eigenvalue weighted by Gasteiger charge is -2.35. The molecule has 0 saturated carbocycles. The first-order valence-electron chi connectivity index (χ1n) is 10.9. The van der Waals surface area contributed by atoms with Gasteiger partial charge in [0.15, 0.2) is 0 Å². The standard InChI is InChI=1S/C25H25N3O6/c1-15-12-17(19-4-2-3-5-21(19)26-15)14-34-18-8-6-16(7-9-18)23(29)27-22-13-28(25(32)33)11-10-20(22)24(30)31/h2-9,12,20,22H,10-11,13-14H2,1H3,(H,27,29)(H,30,31)(H,32,33). The van der Waals surface area contributed by atoms with E-state index in [0.29, 0.717) is 17.9 Å². The average Bonchev–Trinajstić information content (AvgIpc) is 2.82. The van der Waals surface area contributed by atoms with Crippen LogP contribution in [0.15, 0.2) is 54.6 Å². The number of hydrogen-bond donors (Lipinski definition) is 3. The first-order chi connectivity index (χ1) is 16.3. The number of carbonyl (C=O) groups excluding carboxylic acids is 1. The van der Waals surface area contributed by atoms with Gasteiger partial charge in [0.2, 0.25) is 0 Å². The summed E-state index contributed by atoms with van der Waals surface area (Å²) in [6, 6.07) is 15.5. The van der Waals surface area contributed by atoms with Crippen LogP contribution in [-0.2, 0) is 11.4 Å². The maximum absolute atomic E-state index is 12.7. The highest BCUT2D eigenvalue weighted by Crippen LogP contribution is 2.22. The Bertz CT molecular complexity index is 1230. The third kappa shape index (κ3) is 5.09. The summed E-state index contributed by atoms with van der Waals surface area (Å²) in [5.41, 5.74) is 3.13. The molecule has 2 heterocycles. The molecular formula is C25H25N3O6. The van der Waals surface area contributed by atoms with Crippen LogP contribution < -0.4 is 10.1 Å². The van der Waals surface area contributed by atoms with E-state index in [1.54, 1.807) is 24.3 Å². The Balaban J connectivity index is 1.42. The van der Waals surface area contributed by atoms with Gasteiger partial charge in [0.25, 0.3) is 5.91 Å². The van der Waals surface area contributed by atoms with Gasteiger partial charge in [-0.25, -0.2) is 4.79 Å². The molecule has 0 spiro atoms. The lowest BCUT2D eigenvalue weighted by molar-refractivity contribution is -0.144. The number of nitrogens with one attached hydrogen (secondary N) is 1. The number of fused-ring (bicyclic) bond motifs is 1. The zero-order valence-electron chi connectivity index (χ0n) is 18.6. The summed E-state index contributed by atoms with van der Waals surface area (Å²) in [6.45, 7) is 2.32. The first-order valence-corrected chi connectivity index (χ1v) is 10.9. The van der Waals surface area contributed by atoms with Crippen molar-refractivity contribution in [2.24, 2.45) is 5.92 Å². The Morgan fingerprint density at radius 3 is 2.56 bits per heavy atom. The monoisotopic (exact) mass is 463 g/mol. The molecule has 1 aliphatic heterocycles. The predicted octanol–water partition coefficient (Wildman–Crippen LogP) is 3.31. The number of rotatable bonds is 6. The molecule has 9 nitrogen and oxygen atoms in total. The van der Waals surface area contributed by atoms with E-state index in [2.05, 4.69) is 10.3 Å². The van der Waals surface area contributed by atoms with E-state index in [-0.39, 0.29) is 19.5 Å². The topological polar surface area (TPSA) is 129 Å². The normalized spacial score (nSPS) is 17.9. The van der Waals surface area contributed by atoms with Crippen LogP contribution >= 0.6 is 0 Å². The molecular weight excluding hydrogens is 438 g/mol. The minimum atomic E-state index is -1.14. The zero-order valence-corrected chi connectivity index (χ0v) is 18.6. The Labute approximate surface area is 196 Å². The van der Waals surface area contributed by atoms with E-state index in [9.17, 15) is 24.6 Å². The number of carboxylic acids is 1. The molecule has 1 fully saturated rings. The van der Waals surface area contributed by atoms with E-state index in [0.717, 1.165) is 27.1 Å². The van der Waals surface area contributed by atoms with Gasteiger partial charge in [-0.2, -0.15) is 0 Å². The van der Waals surface area contributed by atoms with Crippen molar-refractivity contribution < 1.29 is 29.3 Å². The fraction of sp³-hybridized carbons (Fsp3) is 0.280. The summed E-state index contributed by atoms with van der Waals surface area (Å²) >= 11 is 0. The molecule has 3 N–H and O–H groups in total. The van der Waals surface area contributed by atoms with Gasteiger partial charge in [-0.15, -0.1) is 0 Å². The molecule has 3 aromatic rings. The number of likely N-dealkylation sites (tertiary alicyclic amines) is 1. The fourth-order valence-electron chi connectivity index (χ4n) is 4.20. The Morgan fingerprint density at radius 2 is 1.85 bits per heavy atom. The molecule has 0 aliphatic carbocycles. The Morgan fingerprint density at radius 1 is 1.12 bits per heavy atom. The maximum Gasteiger partial charge on any atom is 0.407 e. The van der Waals surface area contributed by atoms with Crippen molar-refractivity contribution >= 4 is 28.9 Å². The molecule has 9 heteroatoms. The minimum absolute atomic E-state index is 0.0709. The Kier molecular flexibility index (Phi) is 6.62. The number of benzene rings is 2. The number of aromatic nitrogens is 1. The average molecular weight is 463 g/mol. The molecule has 34 heavy (non-hydrogen) atoms. The van der Waals surface area contributed by atoms with Crippen molar-refractivity contribution in [3.05, 3.63) is 71.4 Å². The Hall–Kier alpha value is -4.14. The zero-order chi connectivity index (χ0) is 24.2. The summed E-state index contributed by atoms with van der Waals surface area (Å²) in [7, 11) is 0. The van der Waals surface area contributed by atoms with Crippen LogP contribution in [0.5, 0.6) is 5.75 Å². The van der Waals surface area contributed by atoms with E-state index in [1.165, 1.54) is 0 Å². The molecule has 176 valence electrons. The molecule has 1 aliphatic rings. The van der Waals surface area contributed by atoms with Crippen molar-refractivity contribution in [1.29, 1.82) is 0 Å². The number of aryl methyl sites for hydroxylation is 1. The molecule has 1 aromatic heterocycles. The maximum atomic E-state index is 12.7. The number of nitrogens with zero attached hydrogens (tertiary/aromatic N) is 2. The van der Waals surface area contributed by atoms with E-state index in [4.69, 9.17) is 4.74 Å². The number of ether oxygens (including phenoxy) is 1. The van der Waals surface area contributed by atoms with Gasteiger partial charge in [0.1, 0.15) is 12.4 Å². The summed E-state index contributed by atoms with van der Waals surface area (Å²) < 4.78 is 5.92. The van der Waals surface area contributed by atoms with E-state index in [1.807, 2.05) is 37.3 Å². The van der Waals surface area contributed by atoms with E-state index < -0.39 is 29.9 Å². The van der Waals surface area contributed by atoms with Crippen LogP contribution in [0, 0.1) is 12.8 Å². The second kappa shape index (κ2) is 9.78. The van der Waals surface area contributed by atoms with Crippen molar-refractivity contribution in [3.63, 3.8) is 0 Å². The summed E-state index contributed by atoms with van der Waals surface area (Å²) in [5.74, 6) is -1.79. The molecule has 0 radical (unpaired) electrons. The summed E-state index contributed by atoms with van der Waals surface area (Å²) in [4.78, 5) is 41.2. The number of carbonyl (C=O) groups is 3. The van der Waals surface area contributed by atoms with Crippen molar-refractivity contribution in [2.45, 2.75) is 26.0 Å². The lowest BCUT2D eigenvalue weighted by Crippen LogP contribution is -2.55. The van der Waals surface area contributed by atoms with Gasteiger partial charge >= 0.3 is 12.1 Å². The van der Waals surface area contributed by atoms with Crippen LogP contribution in [0.3, 0.4) is 0 Å². The van der Waals surface area contributed by atoms with Gasteiger partial charge in [0, 0.05) is 35.3 Å². The molecule has 2 amide bonds. The van der Waals surface area contributed by atoms with Gasteiger partial charge in [0.05, 0.1) is 17.5 Å².